The number of ether oxygens (including phenoxy) is 3. The fraction of sp³-hybridized carbons (Fsp3) is 0.625. The number of aliphatic hydroxyl groups is 1. The van der Waals surface area contributed by atoms with E-state index in [0.29, 0.717) is 13.0 Å². The van der Waals surface area contributed by atoms with E-state index in [0.717, 1.165) is 36.5 Å². The third-order valence-electron chi connectivity index (χ3n) is 3.84. The van der Waals surface area contributed by atoms with Gasteiger partial charge in [-0.2, -0.15) is 0 Å². The minimum Gasteiger partial charge on any atom is -0.488 e. The van der Waals surface area contributed by atoms with Crippen LogP contribution in [-0.4, -0.2) is 30.0 Å². The topological polar surface area (TPSA) is 47.9 Å². The van der Waals surface area contributed by atoms with E-state index >= 15 is 0 Å². The predicted octanol–water partition coefficient (Wildman–Crippen LogP) is 2.84. The summed E-state index contributed by atoms with van der Waals surface area (Å²) >= 11 is 0. The van der Waals surface area contributed by atoms with Gasteiger partial charge in [0.05, 0.1) is 12.7 Å². The lowest BCUT2D eigenvalue weighted by Gasteiger charge is -2.35. The molecule has 0 spiro atoms. The van der Waals surface area contributed by atoms with Gasteiger partial charge in [-0.3, -0.25) is 0 Å². The van der Waals surface area contributed by atoms with Crippen LogP contribution < -0.4 is 9.47 Å². The molecule has 3 rings (SSSR count). The lowest BCUT2D eigenvalue weighted by atomic mass is 9.92. The average molecular weight is 278 g/mol. The molecular formula is C16H22O4. The molecule has 110 valence electrons. The summed E-state index contributed by atoms with van der Waals surface area (Å²) in [4.78, 5) is 0. The largest absolute Gasteiger partial charge is 0.488 e. The normalized spacial score (nSPS) is 28.4. The summed E-state index contributed by atoms with van der Waals surface area (Å²) < 4.78 is 17.3. The van der Waals surface area contributed by atoms with E-state index in [1.807, 2.05) is 32.0 Å². The zero-order chi connectivity index (χ0) is 14.2. The van der Waals surface area contributed by atoms with Crippen LogP contribution in [0.4, 0.5) is 0 Å². The number of aliphatic hydroxyl groups excluding tert-OH is 1. The Morgan fingerprint density at radius 2 is 2.20 bits per heavy atom. The van der Waals surface area contributed by atoms with Crippen LogP contribution in [0.1, 0.15) is 44.8 Å². The van der Waals surface area contributed by atoms with E-state index in [9.17, 15) is 5.11 Å². The monoisotopic (exact) mass is 278 g/mol. The Kier molecular flexibility index (Phi) is 3.61. The zero-order valence-corrected chi connectivity index (χ0v) is 12.1. The van der Waals surface area contributed by atoms with Crippen LogP contribution in [0.2, 0.25) is 0 Å². The highest BCUT2D eigenvalue weighted by molar-refractivity contribution is 5.44. The van der Waals surface area contributed by atoms with Crippen molar-refractivity contribution in [3.63, 3.8) is 0 Å². The molecule has 0 bridgehead atoms. The first-order valence-corrected chi connectivity index (χ1v) is 7.29. The van der Waals surface area contributed by atoms with Gasteiger partial charge in [0.25, 0.3) is 0 Å². The molecule has 0 saturated carbocycles. The van der Waals surface area contributed by atoms with Crippen molar-refractivity contribution in [2.24, 2.45) is 0 Å². The Bertz CT molecular complexity index is 477. The van der Waals surface area contributed by atoms with E-state index in [-0.39, 0.29) is 11.7 Å². The van der Waals surface area contributed by atoms with Crippen LogP contribution in [0.25, 0.3) is 0 Å². The smallest absolute Gasteiger partial charge is 0.129 e. The molecule has 2 unspecified atom stereocenters. The standard InChI is InChI=1S/C16H22O4/c1-16(2)9-14(17)13-6-5-11(8-15(13)20-16)19-12-4-3-7-18-10-12/h5-6,8,12,14,17H,3-4,7,9-10H2,1-2H3. The fourth-order valence-electron chi connectivity index (χ4n) is 2.86. The number of hydrogen-bond acceptors (Lipinski definition) is 4. The first-order chi connectivity index (χ1) is 9.53. The molecule has 2 aliphatic heterocycles. The molecule has 20 heavy (non-hydrogen) atoms. The van der Waals surface area contributed by atoms with Crippen molar-refractivity contribution in [3.05, 3.63) is 23.8 Å². The van der Waals surface area contributed by atoms with Crippen molar-refractivity contribution in [1.29, 1.82) is 0 Å². The molecule has 0 aromatic heterocycles. The molecule has 0 radical (unpaired) electrons. The van der Waals surface area contributed by atoms with Crippen LogP contribution in [0.3, 0.4) is 0 Å². The van der Waals surface area contributed by atoms with Crippen molar-refractivity contribution in [2.45, 2.75) is 50.9 Å². The summed E-state index contributed by atoms with van der Waals surface area (Å²) in [6.45, 7) is 5.45. The minimum absolute atomic E-state index is 0.114. The molecule has 1 fully saturated rings. The molecule has 2 heterocycles. The van der Waals surface area contributed by atoms with Crippen molar-refractivity contribution >= 4 is 0 Å². The number of benzene rings is 1. The van der Waals surface area contributed by atoms with Gasteiger partial charge < -0.3 is 19.3 Å². The van der Waals surface area contributed by atoms with E-state index in [1.165, 1.54) is 0 Å². The van der Waals surface area contributed by atoms with Crippen molar-refractivity contribution in [1.82, 2.24) is 0 Å². The molecule has 4 nitrogen and oxygen atoms in total. The van der Waals surface area contributed by atoms with Gasteiger partial charge in [-0.15, -0.1) is 0 Å². The van der Waals surface area contributed by atoms with Gasteiger partial charge in [-0.05, 0) is 38.8 Å². The number of fused-ring (bicyclic) bond motifs is 1. The Morgan fingerprint density at radius 3 is 2.95 bits per heavy atom. The molecule has 1 saturated heterocycles. The molecule has 0 amide bonds. The van der Waals surface area contributed by atoms with Crippen molar-refractivity contribution < 1.29 is 19.3 Å². The minimum atomic E-state index is -0.471. The van der Waals surface area contributed by atoms with Gasteiger partial charge in [0.2, 0.25) is 0 Å². The molecule has 1 aromatic carbocycles. The second-order valence-corrected chi connectivity index (χ2v) is 6.24. The van der Waals surface area contributed by atoms with E-state index in [1.54, 1.807) is 0 Å². The predicted molar refractivity (Wildman–Crippen MR) is 75.2 cm³/mol. The van der Waals surface area contributed by atoms with E-state index in [2.05, 4.69) is 0 Å². The lowest BCUT2D eigenvalue weighted by molar-refractivity contribution is 0.00386. The van der Waals surface area contributed by atoms with E-state index < -0.39 is 6.10 Å². The molecule has 2 aliphatic rings. The first kappa shape index (κ1) is 13.7. The SMILES string of the molecule is CC1(C)CC(O)c2ccc(OC3CCCOC3)cc2O1. The van der Waals surface area contributed by atoms with Crippen molar-refractivity contribution in [2.75, 3.05) is 13.2 Å². The fourth-order valence-corrected chi connectivity index (χ4v) is 2.86. The molecule has 1 aromatic rings. The Balaban J connectivity index is 1.78. The van der Waals surface area contributed by atoms with Gasteiger partial charge in [0, 0.05) is 24.7 Å². The Morgan fingerprint density at radius 1 is 1.35 bits per heavy atom. The summed E-state index contributed by atoms with van der Waals surface area (Å²) in [6.07, 6.45) is 2.31. The zero-order valence-electron chi connectivity index (χ0n) is 12.1. The Labute approximate surface area is 119 Å². The first-order valence-electron chi connectivity index (χ1n) is 7.29. The number of hydrogen-bond donors (Lipinski definition) is 1. The molecular weight excluding hydrogens is 256 g/mol. The maximum Gasteiger partial charge on any atom is 0.129 e. The molecule has 0 aliphatic carbocycles. The average Bonchev–Trinajstić information content (AvgIpc) is 2.38. The highest BCUT2D eigenvalue weighted by atomic mass is 16.5. The highest BCUT2D eigenvalue weighted by Gasteiger charge is 2.33. The maximum atomic E-state index is 10.2. The third kappa shape index (κ3) is 2.91. The van der Waals surface area contributed by atoms with Gasteiger partial charge in [0.1, 0.15) is 23.2 Å². The summed E-state index contributed by atoms with van der Waals surface area (Å²) in [5.74, 6) is 1.51. The van der Waals surface area contributed by atoms with Crippen LogP contribution >= 0.6 is 0 Å². The number of rotatable bonds is 2. The van der Waals surface area contributed by atoms with Crippen LogP contribution in [-0.2, 0) is 4.74 Å². The molecule has 1 N–H and O–H groups in total. The lowest BCUT2D eigenvalue weighted by Crippen LogP contribution is -2.34. The van der Waals surface area contributed by atoms with Gasteiger partial charge >= 0.3 is 0 Å². The van der Waals surface area contributed by atoms with Gasteiger partial charge in [-0.1, -0.05) is 0 Å². The summed E-state index contributed by atoms with van der Waals surface area (Å²) in [5.41, 5.74) is 0.496. The third-order valence-corrected chi connectivity index (χ3v) is 3.84. The second kappa shape index (κ2) is 5.26. The van der Waals surface area contributed by atoms with Gasteiger partial charge in [0.15, 0.2) is 0 Å². The van der Waals surface area contributed by atoms with Gasteiger partial charge in [-0.25, -0.2) is 0 Å². The maximum absolute atomic E-state index is 10.2. The molecule has 2 atom stereocenters. The summed E-state index contributed by atoms with van der Waals surface area (Å²) in [6, 6.07) is 5.68. The Hall–Kier alpha value is -1.26. The summed E-state index contributed by atoms with van der Waals surface area (Å²) in [7, 11) is 0. The summed E-state index contributed by atoms with van der Waals surface area (Å²) in [5, 5.41) is 10.2. The second-order valence-electron chi connectivity index (χ2n) is 6.24. The molecule has 4 heteroatoms. The van der Waals surface area contributed by atoms with E-state index in [4.69, 9.17) is 14.2 Å². The van der Waals surface area contributed by atoms with Crippen LogP contribution in [0.15, 0.2) is 18.2 Å². The highest BCUT2D eigenvalue weighted by Crippen LogP contribution is 2.41. The quantitative estimate of drug-likeness (QED) is 0.903. The van der Waals surface area contributed by atoms with Crippen LogP contribution in [0, 0.1) is 0 Å². The van der Waals surface area contributed by atoms with Crippen LogP contribution in [0.5, 0.6) is 11.5 Å². The van der Waals surface area contributed by atoms with Crippen molar-refractivity contribution in [3.8, 4) is 11.5 Å².